The van der Waals surface area contributed by atoms with Crippen LogP contribution >= 0.6 is 0 Å². The quantitative estimate of drug-likeness (QED) is 0.880. The third-order valence-corrected chi connectivity index (χ3v) is 4.60. The van der Waals surface area contributed by atoms with Crippen LogP contribution in [0.1, 0.15) is 28.4 Å². The maximum Gasteiger partial charge on any atom is 0.254 e. The summed E-state index contributed by atoms with van der Waals surface area (Å²) in [7, 11) is 0. The van der Waals surface area contributed by atoms with Gasteiger partial charge in [-0.2, -0.15) is 0 Å². The molecule has 2 atom stereocenters. The summed E-state index contributed by atoms with van der Waals surface area (Å²) in [5.41, 5.74) is 9.38. The molecule has 0 spiro atoms. The third kappa shape index (κ3) is 3.37. The maximum atomic E-state index is 12.9. The predicted molar refractivity (Wildman–Crippen MR) is 96.3 cm³/mol. The monoisotopic (exact) mass is 324 g/mol. The number of anilines is 1. The average molecular weight is 324 g/mol. The van der Waals surface area contributed by atoms with Gasteiger partial charge in [-0.15, -0.1) is 0 Å². The van der Waals surface area contributed by atoms with E-state index in [1.807, 2.05) is 61.2 Å². The van der Waals surface area contributed by atoms with E-state index in [0.29, 0.717) is 18.8 Å². The summed E-state index contributed by atoms with van der Waals surface area (Å²) in [6.45, 7) is 7.41. The van der Waals surface area contributed by atoms with Gasteiger partial charge in [0.15, 0.2) is 0 Å². The summed E-state index contributed by atoms with van der Waals surface area (Å²) < 4.78 is 6.06. The summed E-state index contributed by atoms with van der Waals surface area (Å²) in [6, 6.07) is 13.4. The minimum absolute atomic E-state index is 0.0131. The first-order valence-electron chi connectivity index (χ1n) is 8.33. The molecule has 0 bridgehead atoms. The summed E-state index contributed by atoms with van der Waals surface area (Å²) in [5.74, 6) is 1.12. The minimum atomic E-state index is -0.0131. The lowest BCUT2D eigenvalue weighted by molar-refractivity contribution is 0.0771. The molecule has 1 saturated heterocycles. The number of benzene rings is 2. The van der Waals surface area contributed by atoms with E-state index in [2.05, 4.69) is 6.92 Å². The largest absolute Gasteiger partial charge is 0.488 e. The van der Waals surface area contributed by atoms with Crippen molar-refractivity contribution in [3.63, 3.8) is 0 Å². The van der Waals surface area contributed by atoms with Crippen LogP contribution in [-0.4, -0.2) is 30.0 Å². The number of nitrogens with two attached hydrogens (primary N) is 1. The topological polar surface area (TPSA) is 55.6 Å². The Kier molecular flexibility index (Phi) is 4.47. The lowest BCUT2D eigenvalue weighted by atomic mass is 10.0. The molecule has 0 aromatic heterocycles. The van der Waals surface area contributed by atoms with E-state index in [-0.39, 0.29) is 17.9 Å². The summed E-state index contributed by atoms with van der Waals surface area (Å²) >= 11 is 0. The molecule has 126 valence electrons. The Morgan fingerprint density at radius 3 is 2.71 bits per heavy atom. The molecular formula is C20H24N2O2. The number of likely N-dealkylation sites (tertiary alicyclic amines) is 1. The number of nitrogens with zero attached hydrogens (tertiary/aromatic N) is 1. The highest BCUT2D eigenvalue weighted by Gasteiger charge is 2.34. The van der Waals surface area contributed by atoms with Gasteiger partial charge < -0.3 is 15.4 Å². The van der Waals surface area contributed by atoms with Gasteiger partial charge in [-0.05, 0) is 37.6 Å². The van der Waals surface area contributed by atoms with E-state index in [1.54, 1.807) is 0 Å². The number of hydrogen-bond acceptors (Lipinski definition) is 3. The molecule has 1 heterocycles. The number of hydrogen-bond donors (Lipinski definition) is 1. The Labute approximate surface area is 143 Å². The molecule has 0 unspecified atom stereocenters. The second kappa shape index (κ2) is 6.56. The fourth-order valence-corrected chi connectivity index (χ4v) is 3.16. The molecule has 4 nitrogen and oxygen atoms in total. The fraction of sp³-hybridized carbons (Fsp3) is 0.350. The molecule has 2 N–H and O–H groups in total. The molecule has 4 heteroatoms. The van der Waals surface area contributed by atoms with Crippen LogP contribution in [0.3, 0.4) is 0 Å². The smallest absolute Gasteiger partial charge is 0.254 e. The van der Waals surface area contributed by atoms with Crippen LogP contribution in [0.15, 0.2) is 42.5 Å². The van der Waals surface area contributed by atoms with Crippen molar-refractivity contribution in [3.05, 3.63) is 59.2 Å². The number of rotatable bonds is 3. The van der Waals surface area contributed by atoms with Crippen molar-refractivity contribution < 1.29 is 9.53 Å². The Morgan fingerprint density at radius 1 is 1.17 bits per heavy atom. The molecule has 24 heavy (non-hydrogen) atoms. The molecular weight excluding hydrogens is 300 g/mol. The first-order valence-corrected chi connectivity index (χ1v) is 8.33. The molecule has 1 aliphatic rings. The molecule has 0 aliphatic carbocycles. The van der Waals surface area contributed by atoms with Crippen molar-refractivity contribution in [1.82, 2.24) is 4.90 Å². The fourth-order valence-electron chi connectivity index (χ4n) is 3.16. The molecule has 3 rings (SSSR count). The molecule has 1 aliphatic heterocycles. The van der Waals surface area contributed by atoms with Crippen LogP contribution < -0.4 is 10.5 Å². The minimum Gasteiger partial charge on any atom is -0.488 e. The molecule has 0 radical (unpaired) electrons. The van der Waals surface area contributed by atoms with Crippen LogP contribution in [0.5, 0.6) is 5.75 Å². The highest BCUT2D eigenvalue weighted by Crippen LogP contribution is 2.26. The van der Waals surface area contributed by atoms with Gasteiger partial charge in [0.25, 0.3) is 5.91 Å². The van der Waals surface area contributed by atoms with Gasteiger partial charge in [-0.3, -0.25) is 4.79 Å². The van der Waals surface area contributed by atoms with Crippen LogP contribution in [0.25, 0.3) is 0 Å². The third-order valence-electron chi connectivity index (χ3n) is 4.60. The predicted octanol–water partition coefficient (Wildman–Crippen LogP) is 3.43. The van der Waals surface area contributed by atoms with Gasteiger partial charge >= 0.3 is 0 Å². The van der Waals surface area contributed by atoms with Crippen molar-refractivity contribution in [2.45, 2.75) is 26.9 Å². The zero-order valence-corrected chi connectivity index (χ0v) is 14.5. The van der Waals surface area contributed by atoms with E-state index in [4.69, 9.17) is 10.5 Å². The number of carbonyl (C=O) groups is 1. The molecule has 2 aromatic rings. The van der Waals surface area contributed by atoms with Gasteiger partial charge in [0.05, 0.1) is 6.54 Å². The van der Waals surface area contributed by atoms with Crippen LogP contribution in [-0.2, 0) is 0 Å². The van der Waals surface area contributed by atoms with Crippen molar-refractivity contribution in [2.75, 3.05) is 18.8 Å². The lowest BCUT2D eigenvalue weighted by Gasteiger charge is -2.19. The summed E-state index contributed by atoms with van der Waals surface area (Å²) in [4.78, 5) is 14.8. The Hall–Kier alpha value is -2.49. The Morgan fingerprint density at radius 2 is 1.96 bits per heavy atom. The molecule has 1 fully saturated rings. The van der Waals surface area contributed by atoms with Gasteiger partial charge in [0.1, 0.15) is 11.9 Å². The Bertz CT molecular complexity index is 757. The van der Waals surface area contributed by atoms with Crippen LogP contribution in [0.2, 0.25) is 0 Å². The number of ether oxygens (including phenoxy) is 1. The first kappa shape index (κ1) is 16.4. The van der Waals surface area contributed by atoms with Crippen LogP contribution in [0.4, 0.5) is 5.69 Å². The highest BCUT2D eigenvalue weighted by atomic mass is 16.5. The van der Waals surface area contributed by atoms with Crippen molar-refractivity contribution in [1.29, 1.82) is 0 Å². The summed E-state index contributed by atoms with van der Waals surface area (Å²) in [5, 5.41) is 0. The van der Waals surface area contributed by atoms with Gasteiger partial charge in [0, 0.05) is 29.8 Å². The number of aryl methyl sites for hydroxylation is 2. The highest BCUT2D eigenvalue weighted by molar-refractivity contribution is 5.96. The van der Waals surface area contributed by atoms with Crippen molar-refractivity contribution in [3.8, 4) is 5.75 Å². The van der Waals surface area contributed by atoms with E-state index < -0.39 is 0 Å². The van der Waals surface area contributed by atoms with Gasteiger partial charge in [-0.25, -0.2) is 0 Å². The normalized spacial score (nSPS) is 20.2. The standard InChI is InChI=1S/C20H24N2O2/c1-13-7-8-14(2)18(9-13)20(23)22-11-15(3)19(12-22)24-17-6-4-5-16(21)10-17/h4-10,15,19H,11-12,21H2,1-3H3/t15-,19-/m1/s1. The zero-order chi connectivity index (χ0) is 17.3. The number of amides is 1. The average Bonchev–Trinajstić information content (AvgIpc) is 2.90. The van der Waals surface area contributed by atoms with Crippen LogP contribution in [0, 0.1) is 19.8 Å². The van der Waals surface area contributed by atoms with E-state index >= 15 is 0 Å². The molecule has 2 aromatic carbocycles. The summed E-state index contributed by atoms with van der Waals surface area (Å²) in [6.07, 6.45) is -0.0131. The second-order valence-corrected chi connectivity index (χ2v) is 6.73. The first-order chi connectivity index (χ1) is 11.4. The van der Waals surface area contributed by atoms with E-state index in [0.717, 1.165) is 22.4 Å². The van der Waals surface area contributed by atoms with E-state index in [1.165, 1.54) is 0 Å². The van der Waals surface area contributed by atoms with Gasteiger partial charge in [0.2, 0.25) is 0 Å². The Balaban J connectivity index is 1.73. The number of carbonyl (C=O) groups excluding carboxylic acids is 1. The zero-order valence-electron chi connectivity index (χ0n) is 14.5. The molecule has 0 saturated carbocycles. The van der Waals surface area contributed by atoms with E-state index in [9.17, 15) is 4.79 Å². The van der Waals surface area contributed by atoms with Crippen molar-refractivity contribution >= 4 is 11.6 Å². The second-order valence-electron chi connectivity index (χ2n) is 6.73. The lowest BCUT2D eigenvalue weighted by Crippen LogP contribution is -2.31. The maximum absolute atomic E-state index is 12.9. The molecule has 1 amide bonds. The number of nitrogen functional groups attached to an aromatic ring is 1. The van der Waals surface area contributed by atoms with Crippen molar-refractivity contribution in [2.24, 2.45) is 5.92 Å². The SMILES string of the molecule is Cc1ccc(C)c(C(=O)N2C[C@@H](C)[C@H](Oc3cccc(N)c3)C2)c1. The van der Waals surface area contributed by atoms with Gasteiger partial charge in [-0.1, -0.05) is 30.7 Å².